The van der Waals surface area contributed by atoms with E-state index in [0.29, 0.717) is 12.5 Å². The Hall–Kier alpha value is -1.26. The number of carbonyl (C=O) groups excluding carboxylic acids is 1. The standard InChI is InChI=1S/C17H28N2O2.ClH/c1-11(2)8-9-21-16-10-15(7-6-12(16)3)19-17(20)13(4)14(5)18;/h6-7,10-11,13-14H,8-9,18H2,1-5H3,(H,19,20);1H. The minimum absolute atomic E-state index is 0. The largest absolute Gasteiger partial charge is 0.493 e. The van der Waals surface area contributed by atoms with Gasteiger partial charge in [0.2, 0.25) is 5.91 Å². The molecule has 1 aromatic rings. The minimum Gasteiger partial charge on any atom is -0.493 e. The van der Waals surface area contributed by atoms with Crippen LogP contribution >= 0.6 is 12.4 Å². The third-order valence-corrected chi connectivity index (χ3v) is 3.61. The maximum Gasteiger partial charge on any atom is 0.228 e. The molecule has 0 saturated heterocycles. The van der Waals surface area contributed by atoms with Crippen molar-refractivity contribution in [1.82, 2.24) is 0 Å². The third kappa shape index (κ3) is 6.67. The zero-order chi connectivity index (χ0) is 16.0. The maximum absolute atomic E-state index is 12.0. The second-order valence-electron chi connectivity index (χ2n) is 6.15. The first-order valence-electron chi connectivity index (χ1n) is 7.61. The molecular weight excluding hydrogens is 300 g/mol. The molecule has 0 saturated carbocycles. The van der Waals surface area contributed by atoms with Crippen molar-refractivity contribution in [2.45, 2.75) is 47.1 Å². The van der Waals surface area contributed by atoms with Gasteiger partial charge in [-0.2, -0.15) is 0 Å². The summed E-state index contributed by atoms with van der Waals surface area (Å²) in [4.78, 5) is 12.0. The molecule has 0 radical (unpaired) electrons. The normalized spacial score (nSPS) is 13.2. The number of nitrogens with two attached hydrogens (primary N) is 1. The van der Waals surface area contributed by atoms with E-state index in [2.05, 4.69) is 19.2 Å². The Labute approximate surface area is 140 Å². The number of halogens is 1. The number of anilines is 1. The van der Waals surface area contributed by atoms with Crippen LogP contribution in [0.1, 0.15) is 39.7 Å². The summed E-state index contributed by atoms with van der Waals surface area (Å²) < 4.78 is 5.80. The van der Waals surface area contributed by atoms with Gasteiger partial charge in [-0.05, 0) is 37.8 Å². The minimum atomic E-state index is -0.225. The zero-order valence-electron chi connectivity index (χ0n) is 14.2. The lowest BCUT2D eigenvalue weighted by Crippen LogP contribution is -2.34. The first-order chi connectivity index (χ1) is 9.81. The van der Waals surface area contributed by atoms with Crippen molar-refractivity contribution in [2.75, 3.05) is 11.9 Å². The number of rotatable bonds is 7. The van der Waals surface area contributed by atoms with Crippen LogP contribution in [0, 0.1) is 18.8 Å². The Morgan fingerprint density at radius 3 is 2.45 bits per heavy atom. The molecule has 0 aliphatic carbocycles. The lowest BCUT2D eigenvalue weighted by molar-refractivity contribution is -0.119. The van der Waals surface area contributed by atoms with Crippen LogP contribution in [0.2, 0.25) is 0 Å². The van der Waals surface area contributed by atoms with Gasteiger partial charge in [0.25, 0.3) is 0 Å². The average Bonchev–Trinajstić information content (AvgIpc) is 2.40. The second kappa shape index (κ2) is 9.70. The van der Waals surface area contributed by atoms with E-state index in [4.69, 9.17) is 10.5 Å². The van der Waals surface area contributed by atoms with Gasteiger partial charge in [0.1, 0.15) is 5.75 Å². The van der Waals surface area contributed by atoms with Crippen molar-refractivity contribution >= 4 is 24.0 Å². The fraction of sp³-hybridized carbons (Fsp3) is 0.588. The molecule has 1 amide bonds. The molecule has 0 spiro atoms. The maximum atomic E-state index is 12.0. The zero-order valence-corrected chi connectivity index (χ0v) is 15.0. The molecule has 1 rings (SSSR count). The van der Waals surface area contributed by atoms with Crippen molar-refractivity contribution in [3.05, 3.63) is 23.8 Å². The Morgan fingerprint density at radius 2 is 1.91 bits per heavy atom. The quantitative estimate of drug-likeness (QED) is 0.801. The van der Waals surface area contributed by atoms with Gasteiger partial charge >= 0.3 is 0 Å². The lowest BCUT2D eigenvalue weighted by atomic mass is 10.0. The number of aryl methyl sites for hydroxylation is 1. The van der Waals surface area contributed by atoms with Crippen LogP contribution < -0.4 is 15.8 Å². The van der Waals surface area contributed by atoms with Gasteiger partial charge in [0.15, 0.2) is 0 Å². The summed E-state index contributed by atoms with van der Waals surface area (Å²) in [5.41, 5.74) is 7.57. The van der Waals surface area contributed by atoms with Crippen LogP contribution in [0.3, 0.4) is 0 Å². The smallest absolute Gasteiger partial charge is 0.228 e. The third-order valence-electron chi connectivity index (χ3n) is 3.61. The first kappa shape index (κ1) is 20.7. The Morgan fingerprint density at radius 1 is 1.27 bits per heavy atom. The summed E-state index contributed by atoms with van der Waals surface area (Å²) in [7, 11) is 0. The molecule has 0 heterocycles. The van der Waals surface area contributed by atoms with Gasteiger partial charge in [-0.25, -0.2) is 0 Å². The molecule has 0 aromatic heterocycles. The second-order valence-corrected chi connectivity index (χ2v) is 6.15. The van der Waals surface area contributed by atoms with Gasteiger partial charge in [-0.1, -0.05) is 26.8 Å². The number of benzene rings is 1. The number of amides is 1. The molecule has 4 nitrogen and oxygen atoms in total. The summed E-state index contributed by atoms with van der Waals surface area (Å²) in [6, 6.07) is 5.55. The number of hydrogen-bond acceptors (Lipinski definition) is 3. The van der Waals surface area contributed by atoms with Gasteiger partial charge in [0.05, 0.1) is 12.5 Å². The highest BCUT2D eigenvalue weighted by Crippen LogP contribution is 2.23. The van der Waals surface area contributed by atoms with Crippen LogP contribution in [-0.4, -0.2) is 18.6 Å². The number of ether oxygens (including phenoxy) is 1. The molecule has 0 aliphatic rings. The predicted molar refractivity (Wildman–Crippen MR) is 94.8 cm³/mol. The summed E-state index contributed by atoms with van der Waals surface area (Å²) in [6.07, 6.45) is 1.01. The number of carbonyl (C=O) groups is 1. The summed E-state index contributed by atoms with van der Waals surface area (Å²) in [6.45, 7) is 10.7. The van der Waals surface area contributed by atoms with E-state index in [1.165, 1.54) is 0 Å². The Kier molecular flexibility index (Phi) is 9.14. The summed E-state index contributed by atoms with van der Waals surface area (Å²) in [5.74, 6) is 1.14. The van der Waals surface area contributed by atoms with E-state index < -0.39 is 0 Å². The van der Waals surface area contributed by atoms with Crippen molar-refractivity contribution in [1.29, 1.82) is 0 Å². The molecule has 2 unspecified atom stereocenters. The van der Waals surface area contributed by atoms with Crippen molar-refractivity contribution in [2.24, 2.45) is 17.6 Å². The van der Waals surface area contributed by atoms with Crippen LogP contribution in [0.25, 0.3) is 0 Å². The van der Waals surface area contributed by atoms with E-state index in [1.54, 1.807) is 0 Å². The Bertz CT molecular complexity index is 476. The molecule has 1 aromatic carbocycles. The molecular formula is C17H29ClN2O2. The number of hydrogen-bond donors (Lipinski definition) is 2. The highest BCUT2D eigenvalue weighted by molar-refractivity contribution is 5.93. The summed E-state index contributed by atoms with van der Waals surface area (Å²) >= 11 is 0. The average molecular weight is 329 g/mol. The van der Waals surface area contributed by atoms with Gasteiger partial charge < -0.3 is 15.8 Å². The molecule has 0 fully saturated rings. The fourth-order valence-electron chi connectivity index (χ4n) is 1.73. The molecule has 0 aliphatic heterocycles. The van der Waals surface area contributed by atoms with E-state index >= 15 is 0 Å². The molecule has 0 bridgehead atoms. The first-order valence-corrected chi connectivity index (χ1v) is 7.61. The molecule has 2 atom stereocenters. The SMILES string of the molecule is Cc1ccc(NC(=O)C(C)C(C)N)cc1OCCC(C)C.Cl. The fourth-order valence-corrected chi connectivity index (χ4v) is 1.73. The van der Waals surface area contributed by atoms with Crippen LogP contribution in [0.4, 0.5) is 5.69 Å². The predicted octanol–water partition coefficient (Wildman–Crippen LogP) is 3.76. The highest BCUT2D eigenvalue weighted by atomic mass is 35.5. The molecule has 22 heavy (non-hydrogen) atoms. The molecule has 3 N–H and O–H groups in total. The van der Waals surface area contributed by atoms with Crippen molar-refractivity contribution in [3.63, 3.8) is 0 Å². The van der Waals surface area contributed by atoms with Crippen LogP contribution in [0.15, 0.2) is 18.2 Å². The molecule has 126 valence electrons. The van der Waals surface area contributed by atoms with Crippen LogP contribution in [0.5, 0.6) is 5.75 Å². The van der Waals surface area contributed by atoms with E-state index in [9.17, 15) is 4.79 Å². The van der Waals surface area contributed by atoms with Gasteiger partial charge in [-0.15, -0.1) is 12.4 Å². The van der Waals surface area contributed by atoms with Crippen LogP contribution in [-0.2, 0) is 4.79 Å². The lowest BCUT2D eigenvalue weighted by Gasteiger charge is -2.16. The van der Waals surface area contributed by atoms with Gasteiger partial charge in [-0.3, -0.25) is 4.79 Å². The number of nitrogens with one attached hydrogen (secondary N) is 1. The van der Waals surface area contributed by atoms with E-state index in [-0.39, 0.29) is 30.3 Å². The van der Waals surface area contributed by atoms with Crippen molar-refractivity contribution in [3.8, 4) is 5.75 Å². The van der Waals surface area contributed by atoms with Crippen molar-refractivity contribution < 1.29 is 9.53 Å². The monoisotopic (exact) mass is 328 g/mol. The van der Waals surface area contributed by atoms with E-state index in [1.807, 2.05) is 39.0 Å². The topological polar surface area (TPSA) is 64.4 Å². The molecule has 5 heteroatoms. The summed E-state index contributed by atoms with van der Waals surface area (Å²) in [5, 5.41) is 2.89. The highest BCUT2D eigenvalue weighted by Gasteiger charge is 2.17. The Balaban J connectivity index is 0.00000441. The van der Waals surface area contributed by atoms with E-state index in [0.717, 1.165) is 23.4 Å². The van der Waals surface area contributed by atoms with Gasteiger partial charge in [0, 0.05) is 17.8 Å².